The second kappa shape index (κ2) is 11.7. The molecule has 1 N–H and O–H groups in total. The maximum atomic E-state index is 9.60. The molecule has 0 aromatic heterocycles. The van der Waals surface area contributed by atoms with Crippen LogP contribution in [-0.2, 0) is 4.79 Å². The minimum atomic E-state index is -1.15. The van der Waals surface area contributed by atoms with Gasteiger partial charge in [0, 0.05) is 5.57 Å². The van der Waals surface area contributed by atoms with Crippen molar-refractivity contribution in [3.8, 4) is 0 Å². The minimum Gasteiger partial charge on any atom is -0.478 e. The maximum absolute atomic E-state index is 9.60. The quantitative estimate of drug-likeness (QED) is 0.363. The smallest absolute Gasteiger partial charge is 0.330 e. The van der Waals surface area contributed by atoms with Crippen LogP contribution < -0.4 is 0 Å². The van der Waals surface area contributed by atoms with Crippen LogP contribution in [0.3, 0.4) is 0 Å². The van der Waals surface area contributed by atoms with Crippen LogP contribution in [0.2, 0.25) is 11.8 Å². The third-order valence-corrected chi connectivity index (χ3v) is 19.6. The van der Waals surface area contributed by atoms with E-state index in [1.807, 2.05) is 0 Å². The van der Waals surface area contributed by atoms with Gasteiger partial charge >= 0.3 is 134 Å². The van der Waals surface area contributed by atoms with Crippen LogP contribution in [0.1, 0.15) is 103 Å². The van der Waals surface area contributed by atoms with Crippen molar-refractivity contribution in [3.63, 3.8) is 0 Å². The molecule has 3 saturated carbocycles. The van der Waals surface area contributed by atoms with E-state index in [4.69, 9.17) is 5.11 Å². The summed E-state index contributed by atoms with van der Waals surface area (Å²) >= 11 is -1.15. The van der Waals surface area contributed by atoms with E-state index in [9.17, 15) is 4.79 Å². The molecule has 3 heteroatoms. The molecule has 2 nitrogen and oxygen atoms in total. The van der Waals surface area contributed by atoms with Crippen molar-refractivity contribution in [1.82, 2.24) is 0 Å². The zero-order valence-corrected chi connectivity index (χ0v) is 19.3. The van der Waals surface area contributed by atoms with Gasteiger partial charge in [-0.2, -0.15) is 0 Å². The van der Waals surface area contributed by atoms with Gasteiger partial charge in [-0.3, -0.25) is 0 Å². The Morgan fingerprint density at radius 1 is 0.720 bits per heavy atom. The number of hydrogen-bond acceptors (Lipinski definition) is 1. The second-order valence-corrected chi connectivity index (χ2v) is 18.4. The first-order valence-corrected chi connectivity index (χ1v) is 15.8. The molecule has 1 radical (unpaired) electrons. The van der Waals surface area contributed by atoms with Crippen molar-refractivity contribution < 1.29 is 9.90 Å². The zero-order chi connectivity index (χ0) is 18.1. The molecule has 0 atom stereocenters. The van der Waals surface area contributed by atoms with Crippen LogP contribution in [0, 0.1) is 0 Å². The van der Waals surface area contributed by atoms with E-state index in [1.54, 1.807) is 96.3 Å². The normalized spacial score (nSPS) is 23.8. The Hall–Kier alpha value is 0.00870. The van der Waals surface area contributed by atoms with Gasteiger partial charge in [-0.05, 0) is 6.92 Å². The average Bonchev–Trinajstić information content (AvgIpc) is 2.65. The zero-order valence-electron chi connectivity index (χ0n) is 16.4. The van der Waals surface area contributed by atoms with Crippen molar-refractivity contribution in [2.24, 2.45) is 0 Å². The summed E-state index contributed by atoms with van der Waals surface area (Å²) in [6, 6.07) is 0. The molecule has 143 valence electrons. The van der Waals surface area contributed by atoms with Crippen molar-refractivity contribution >= 4 is 25.7 Å². The third-order valence-electron chi connectivity index (χ3n) is 6.59. The van der Waals surface area contributed by atoms with Gasteiger partial charge in [-0.25, -0.2) is 4.79 Å². The van der Waals surface area contributed by atoms with Gasteiger partial charge in [-0.15, -0.1) is 0 Å². The van der Waals surface area contributed by atoms with E-state index in [2.05, 4.69) is 6.58 Å². The van der Waals surface area contributed by atoms with E-state index in [0.29, 0.717) is 0 Å². The molecule has 0 aliphatic heterocycles. The molecule has 3 aliphatic rings. The first-order chi connectivity index (χ1) is 12.1. The molecule has 0 amide bonds. The van der Waals surface area contributed by atoms with E-state index in [1.165, 1.54) is 18.7 Å². The Balaban J connectivity index is 0.000000326. The molecule has 3 aliphatic carbocycles. The molecule has 3 rings (SSSR count). The Bertz CT molecular complexity index is 347. The van der Waals surface area contributed by atoms with Crippen molar-refractivity contribution in [1.29, 1.82) is 0 Å². The van der Waals surface area contributed by atoms with Gasteiger partial charge in [-0.1, -0.05) is 6.58 Å². The number of rotatable bonds is 4. The van der Waals surface area contributed by atoms with Gasteiger partial charge in [0.1, 0.15) is 0 Å². The molecular formula is C22H39O2Sn. The predicted octanol–water partition coefficient (Wildman–Crippen LogP) is 7.13. The van der Waals surface area contributed by atoms with Crippen LogP contribution >= 0.6 is 0 Å². The summed E-state index contributed by atoms with van der Waals surface area (Å²) in [6.45, 7) is 4.60. The molecule has 0 aromatic carbocycles. The Kier molecular flexibility index (Phi) is 9.94. The maximum Gasteiger partial charge on any atom is 0.330 e. The van der Waals surface area contributed by atoms with Gasteiger partial charge < -0.3 is 5.11 Å². The largest absolute Gasteiger partial charge is 0.478 e. The van der Waals surface area contributed by atoms with Crippen LogP contribution in [-0.4, -0.2) is 30.8 Å². The van der Waals surface area contributed by atoms with E-state index >= 15 is 0 Å². The van der Waals surface area contributed by atoms with Crippen molar-refractivity contribution in [2.45, 2.75) is 115 Å². The van der Waals surface area contributed by atoms with Gasteiger partial charge in [0.25, 0.3) is 0 Å². The Morgan fingerprint density at radius 3 is 1.16 bits per heavy atom. The fraction of sp³-hybridized carbons (Fsp3) is 0.864. The second-order valence-electron chi connectivity index (χ2n) is 8.59. The first-order valence-electron chi connectivity index (χ1n) is 10.8. The molecule has 0 bridgehead atoms. The van der Waals surface area contributed by atoms with Crippen molar-refractivity contribution in [2.75, 3.05) is 0 Å². The van der Waals surface area contributed by atoms with E-state index in [-0.39, 0.29) is 5.57 Å². The summed E-state index contributed by atoms with van der Waals surface area (Å²) in [7, 11) is 0. The molecule has 0 heterocycles. The first kappa shape index (κ1) is 21.3. The van der Waals surface area contributed by atoms with Crippen LogP contribution in [0.15, 0.2) is 12.2 Å². The van der Waals surface area contributed by atoms with Crippen LogP contribution in [0.4, 0.5) is 0 Å². The Labute approximate surface area is 162 Å². The predicted molar refractivity (Wildman–Crippen MR) is 109 cm³/mol. The summed E-state index contributed by atoms with van der Waals surface area (Å²) in [5.41, 5.74) is 0.176. The van der Waals surface area contributed by atoms with Crippen LogP contribution in [0.25, 0.3) is 0 Å². The molecule has 0 aromatic rings. The van der Waals surface area contributed by atoms with Gasteiger partial charge in [0.2, 0.25) is 0 Å². The molecular weight excluding hydrogens is 415 g/mol. The number of carbonyl (C=O) groups is 1. The molecule has 25 heavy (non-hydrogen) atoms. The van der Waals surface area contributed by atoms with E-state index in [0.717, 1.165) is 0 Å². The fourth-order valence-corrected chi connectivity index (χ4v) is 20.2. The standard InChI is InChI=1S/3C6H11.C4H6O2.Sn/c3*1-2-4-6-5-3-1;1-3(2)4(5)6;/h3*1H,2-6H2;1H2,2H3,(H,5,6);. The SMILES string of the molecule is C1CC[CH]([Sn]([CH]2CCCCC2)[CH]2CCCCC2)CC1.C=C(C)C(=O)O. The summed E-state index contributed by atoms with van der Waals surface area (Å²) in [4.78, 5) is 9.60. The number of aliphatic carboxylic acids is 1. The summed E-state index contributed by atoms with van der Waals surface area (Å²) in [5, 5.41) is 7.89. The topological polar surface area (TPSA) is 37.3 Å². The molecule has 0 saturated heterocycles. The molecule has 0 spiro atoms. The minimum absolute atomic E-state index is 0.176. The van der Waals surface area contributed by atoms with Crippen molar-refractivity contribution in [3.05, 3.63) is 12.2 Å². The third kappa shape index (κ3) is 7.27. The summed E-state index contributed by atoms with van der Waals surface area (Å²) < 4.78 is 3.96. The fourth-order valence-electron chi connectivity index (χ4n) is 5.31. The number of hydrogen-bond donors (Lipinski definition) is 1. The van der Waals surface area contributed by atoms with Crippen LogP contribution in [0.5, 0.6) is 0 Å². The monoisotopic (exact) mass is 455 g/mol. The molecule has 3 fully saturated rings. The summed E-state index contributed by atoms with van der Waals surface area (Å²) in [6.07, 6.45) is 24.2. The van der Waals surface area contributed by atoms with E-state index < -0.39 is 25.7 Å². The number of carboxylic acid groups (broad SMARTS) is 1. The molecule has 0 unspecified atom stereocenters. The van der Waals surface area contributed by atoms with Gasteiger partial charge in [0.05, 0.1) is 0 Å². The van der Waals surface area contributed by atoms with Gasteiger partial charge in [0.15, 0.2) is 0 Å². The Morgan fingerprint density at radius 2 is 0.960 bits per heavy atom. The summed E-state index contributed by atoms with van der Waals surface area (Å²) in [5.74, 6) is -0.935. The number of carboxylic acids is 1. The average molecular weight is 454 g/mol.